The van der Waals surface area contributed by atoms with Crippen molar-refractivity contribution >= 4 is 5.97 Å². The van der Waals surface area contributed by atoms with Gasteiger partial charge in [0.15, 0.2) is 6.10 Å². The first kappa shape index (κ1) is 12.4. The van der Waals surface area contributed by atoms with E-state index in [4.69, 9.17) is 14.2 Å². The number of aliphatic hydroxyl groups excluding tert-OH is 1. The van der Waals surface area contributed by atoms with Crippen molar-refractivity contribution in [2.45, 2.75) is 24.4 Å². The third kappa shape index (κ3) is 2.18. The standard InChI is InChI=1S/C13H14O6/c14-8-4-2-1-3-7(8)13(16)19-10-6-18-11-9(15)5-17-12(10)11/h1-4,9-12,14-15H,5-6H2/t9-,10+,11+,12+/m0/s1. The van der Waals surface area contributed by atoms with Gasteiger partial charge in [0.05, 0.1) is 13.2 Å². The fourth-order valence-corrected chi connectivity index (χ4v) is 2.39. The molecule has 0 amide bonds. The van der Waals surface area contributed by atoms with Crippen molar-refractivity contribution in [1.29, 1.82) is 0 Å². The predicted molar refractivity (Wildman–Crippen MR) is 62.8 cm³/mol. The Kier molecular flexibility index (Phi) is 3.14. The number of phenolic OH excluding ortho intramolecular Hbond substituents is 1. The first-order valence-corrected chi connectivity index (χ1v) is 6.07. The number of ether oxygens (including phenoxy) is 3. The lowest BCUT2D eigenvalue weighted by molar-refractivity contribution is -0.0210. The van der Waals surface area contributed by atoms with Crippen LogP contribution in [0.1, 0.15) is 10.4 Å². The predicted octanol–water partition coefficient (Wildman–Crippen LogP) is 0.0761. The molecule has 102 valence electrons. The van der Waals surface area contributed by atoms with Crippen LogP contribution in [0, 0.1) is 0 Å². The Balaban J connectivity index is 1.69. The molecule has 6 nitrogen and oxygen atoms in total. The normalized spacial score (nSPS) is 33.1. The number of esters is 1. The van der Waals surface area contributed by atoms with E-state index in [0.29, 0.717) is 0 Å². The second-order valence-corrected chi connectivity index (χ2v) is 4.62. The quantitative estimate of drug-likeness (QED) is 0.737. The molecule has 4 atom stereocenters. The maximum absolute atomic E-state index is 11.9. The van der Waals surface area contributed by atoms with Crippen LogP contribution >= 0.6 is 0 Å². The number of aromatic hydroxyl groups is 1. The molecule has 3 rings (SSSR count). The van der Waals surface area contributed by atoms with Gasteiger partial charge in [-0.15, -0.1) is 0 Å². The molecule has 0 saturated carbocycles. The Hall–Kier alpha value is -1.63. The van der Waals surface area contributed by atoms with Crippen LogP contribution in [0.3, 0.4) is 0 Å². The largest absolute Gasteiger partial charge is 0.507 e. The number of rotatable bonds is 2. The number of para-hydroxylation sites is 1. The van der Waals surface area contributed by atoms with Gasteiger partial charge in [-0.25, -0.2) is 4.79 Å². The third-order valence-corrected chi connectivity index (χ3v) is 3.36. The van der Waals surface area contributed by atoms with Crippen molar-refractivity contribution < 1.29 is 29.2 Å². The minimum atomic E-state index is -0.682. The van der Waals surface area contributed by atoms with E-state index < -0.39 is 30.4 Å². The molecule has 2 heterocycles. The summed E-state index contributed by atoms with van der Waals surface area (Å²) in [6.07, 6.45) is -2.12. The molecular weight excluding hydrogens is 252 g/mol. The molecule has 2 saturated heterocycles. The second-order valence-electron chi connectivity index (χ2n) is 4.62. The highest BCUT2D eigenvalue weighted by Crippen LogP contribution is 2.29. The molecule has 2 aliphatic rings. The molecule has 0 unspecified atom stereocenters. The fourth-order valence-electron chi connectivity index (χ4n) is 2.39. The van der Waals surface area contributed by atoms with Crippen molar-refractivity contribution in [2.24, 2.45) is 0 Å². The van der Waals surface area contributed by atoms with Crippen LogP contribution in [0.25, 0.3) is 0 Å². The number of benzene rings is 1. The van der Waals surface area contributed by atoms with Gasteiger partial charge in [-0.3, -0.25) is 0 Å². The van der Waals surface area contributed by atoms with Crippen LogP contribution in [0.5, 0.6) is 5.75 Å². The van der Waals surface area contributed by atoms with Crippen molar-refractivity contribution in [1.82, 2.24) is 0 Å². The van der Waals surface area contributed by atoms with Crippen molar-refractivity contribution in [3.63, 3.8) is 0 Å². The lowest BCUT2D eigenvalue weighted by Gasteiger charge is -2.16. The Morgan fingerprint density at radius 3 is 2.74 bits per heavy atom. The topological polar surface area (TPSA) is 85.2 Å². The molecule has 6 heteroatoms. The van der Waals surface area contributed by atoms with Crippen LogP contribution < -0.4 is 0 Å². The van der Waals surface area contributed by atoms with E-state index in [0.717, 1.165) is 0 Å². The van der Waals surface area contributed by atoms with Gasteiger partial charge >= 0.3 is 5.97 Å². The van der Waals surface area contributed by atoms with Crippen LogP contribution in [-0.4, -0.2) is 53.8 Å². The molecular formula is C13H14O6. The molecule has 0 aromatic heterocycles. The van der Waals surface area contributed by atoms with Gasteiger partial charge in [0.25, 0.3) is 0 Å². The summed E-state index contributed by atoms with van der Waals surface area (Å²) in [6.45, 7) is 0.367. The average molecular weight is 266 g/mol. The van der Waals surface area contributed by atoms with E-state index >= 15 is 0 Å². The van der Waals surface area contributed by atoms with Crippen molar-refractivity contribution in [3.8, 4) is 5.75 Å². The highest BCUT2D eigenvalue weighted by Gasteiger charge is 2.49. The number of hydrogen-bond acceptors (Lipinski definition) is 6. The van der Waals surface area contributed by atoms with Gasteiger partial charge in [0, 0.05) is 0 Å². The molecule has 0 aliphatic carbocycles. The third-order valence-electron chi connectivity index (χ3n) is 3.36. The molecule has 2 aliphatic heterocycles. The van der Waals surface area contributed by atoms with Gasteiger partial charge in [0.1, 0.15) is 29.6 Å². The number of hydrogen-bond donors (Lipinski definition) is 2. The average Bonchev–Trinajstić information content (AvgIpc) is 2.95. The smallest absolute Gasteiger partial charge is 0.342 e. The molecule has 1 aromatic rings. The molecule has 19 heavy (non-hydrogen) atoms. The van der Waals surface area contributed by atoms with E-state index in [2.05, 4.69) is 0 Å². The lowest BCUT2D eigenvalue weighted by Crippen LogP contribution is -2.34. The van der Waals surface area contributed by atoms with Crippen LogP contribution in [-0.2, 0) is 14.2 Å². The zero-order chi connectivity index (χ0) is 13.4. The van der Waals surface area contributed by atoms with Gasteiger partial charge in [-0.05, 0) is 12.1 Å². The number of carbonyl (C=O) groups excluding carboxylic acids is 1. The SMILES string of the molecule is O=C(O[C@@H]1CO[C@H]2[C@@H]1OC[C@@H]2O)c1ccccc1O. The van der Waals surface area contributed by atoms with Gasteiger partial charge in [-0.2, -0.15) is 0 Å². The highest BCUT2D eigenvalue weighted by molar-refractivity contribution is 5.92. The van der Waals surface area contributed by atoms with Crippen molar-refractivity contribution in [2.75, 3.05) is 13.2 Å². The first-order chi connectivity index (χ1) is 9.16. The molecule has 0 bridgehead atoms. The van der Waals surface area contributed by atoms with E-state index in [1.54, 1.807) is 12.1 Å². The maximum Gasteiger partial charge on any atom is 0.342 e. The summed E-state index contributed by atoms with van der Waals surface area (Å²) >= 11 is 0. The van der Waals surface area contributed by atoms with E-state index in [9.17, 15) is 15.0 Å². The lowest BCUT2D eigenvalue weighted by atomic mass is 10.1. The summed E-state index contributed by atoms with van der Waals surface area (Å²) < 4.78 is 16.0. The molecule has 1 aromatic carbocycles. The molecule has 2 N–H and O–H groups in total. The summed E-state index contributed by atoms with van der Waals surface area (Å²) in [4.78, 5) is 11.9. The van der Waals surface area contributed by atoms with Crippen LogP contribution in [0.4, 0.5) is 0 Å². The van der Waals surface area contributed by atoms with Crippen molar-refractivity contribution in [3.05, 3.63) is 29.8 Å². The second kappa shape index (κ2) is 4.80. The van der Waals surface area contributed by atoms with Crippen LogP contribution in [0.2, 0.25) is 0 Å². The number of fused-ring (bicyclic) bond motifs is 1. The zero-order valence-corrected chi connectivity index (χ0v) is 10.1. The molecule has 0 spiro atoms. The number of phenols is 1. The minimum Gasteiger partial charge on any atom is -0.507 e. The van der Waals surface area contributed by atoms with E-state index in [-0.39, 0.29) is 24.5 Å². The van der Waals surface area contributed by atoms with E-state index in [1.807, 2.05) is 0 Å². The first-order valence-electron chi connectivity index (χ1n) is 6.07. The highest BCUT2D eigenvalue weighted by atomic mass is 16.6. The summed E-state index contributed by atoms with van der Waals surface area (Å²) in [5.41, 5.74) is 0.101. The molecule has 2 fully saturated rings. The summed E-state index contributed by atoms with van der Waals surface area (Å²) in [7, 11) is 0. The molecule has 0 radical (unpaired) electrons. The fraction of sp³-hybridized carbons (Fsp3) is 0.462. The number of carbonyl (C=O) groups is 1. The van der Waals surface area contributed by atoms with Gasteiger partial charge < -0.3 is 24.4 Å². The van der Waals surface area contributed by atoms with E-state index in [1.165, 1.54) is 12.1 Å². The zero-order valence-electron chi connectivity index (χ0n) is 10.1. The Morgan fingerprint density at radius 1 is 1.21 bits per heavy atom. The monoisotopic (exact) mass is 266 g/mol. The van der Waals surface area contributed by atoms with Gasteiger partial charge in [0.2, 0.25) is 0 Å². The van der Waals surface area contributed by atoms with Crippen LogP contribution in [0.15, 0.2) is 24.3 Å². The Labute approximate surface area is 109 Å². The maximum atomic E-state index is 11.9. The van der Waals surface area contributed by atoms with Gasteiger partial charge in [-0.1, -0.05) is 12.1 Å². The summed E-state index contributed by atoms with van der Waals surface area (Å²) in [5.74, 6) is -0.757. The Bertz CT molecular complexity index is 488. The summed E-state index contributed by atoms with van der Waals surface area (Å²) in [5, 5.41) is 19.2. The number of aliphatic hydroxyl groups is 1. The Morgan fingerprint density at radius 2 is 1.95 bits per heavy atom. The summed E-state index contributed by atoms with van der Waals surface area (Å²) in [6, 6.07) is 6.16. The minimum absolute atomic E-state index is 0.101.